The summed E-state index contributed by atoms with van der Waals surface area (Å²) in [6, 6.07) is 10.4. The number of ether oxygens (including phenoxy) is 2. The lowest BCUT2D eigenvalue weighted by Crippen LogP contribution is -2.44. The van der Waals surface area contributed by atoms with Crippen LogP contribution in [0.3, 0.4) is 0 Å². The van der Waals surface area contributed by atoms with Crippen molar-refractivity contribution in [2.45, 2.75) is 13.5 Å². The van der Waals surface area contributed by atoms with Gasteiger partial charge in [-0.05, 0) is 41.6 Å². The van der Waals surface area contributed by atoms with Crippen molar-refractivity contribution in [3.8, 4) is 16.9 Å². The molecule has 3 rings (SSSR count). The van der Waals surface area contributed by atoms with E-state index >= 15 is 0 Å². The number of guanidine groups is 1. The molecule has 1 fully saturated rings. The molecule has 2 N–H and O–H groups in total. The number of nitrogens with zero attached hydrogens (tertiary/aromatic N) is 2. The summed E-state index contributed by atoms with van der Waals surface area (Å²) >= 11 is 1.74. The number of hydrogen-bond donors (Lipinski definition) is 2. The molecular formula is C21H31IN4O2S. The van der Waals surface area contributed by atoms with E-state index < -0.39 is 0 Å². The number of halogens is 1. The van der Waals surface area contributed by atoms with Gasteiger partial charge < -0.3 is 20.1 Å². The molecule has 8 heteroatoms. The number of methoxy groups -OCH3 is 1. The van der Waals surface area contributed by atoms with Gasteiger partial charge in [0.1, 0.15) is 5.75 Å². The number of benzene rings is 1. The van der Waals surface area contributed by atoms with E-state index in [1.54, 1.807) is 18.4 Å². The lowest BCUT2D eigenvalue weighted by molar-refractivity contribution is 0.0389. The first-order chi connectivity index (χ1) is 13.8. The van der Waals surface area contributed by atoms with E-state index in [0.29, 0.717) is 6.54 Å². The number of aliphatic imine (C=N–C) groups is 1. The van der Waals surface area contributed by atoms with Crippen molar-refractivity contribution in [2.75, 3.05) is 53.0 Å². The zero-order chi connectivity index (χ0) is 19.6. The molecule has 29 heavy (non-hydrogen) atoms. The van der Waals surface area contributed by atoms with Crippen LogP contribution in [-0.4, -0.2) is 63.9 Å². The summed E-state index contributed by atoms with van der Waals surface area (Å²) in [4.78, 5) is 8.41. The molecule has 0 saturated carbocycles. The highest BCUT2D eigenvalue weighted by atomic mass is 127. The van der Waals surface area contributed by atoms with Crippen molar-refractivity contribution in [1.29, 1.82) is 0 Å². The van der Waals surface area contributed by atoms with E-state index in [1.165, 1.54) is 16.0 Å². The standard InChI is InChI=1S/C21H30N4O2S.HI/c1-3-22-21(23-8-9-25-10-12-27-13-11-25)24-15-20-14-18(16-28-20)17-4-6-19(26-2)7-5-17;/h4-7,14,16H,3,8-13,15H2,1-2H3,(H2,22,23,24);1H. The molecule has 0 unspecified atom stereocenters. The highest BCUT2D eigenvalue weighted by molar-refractivity contribution is 14.0. The van der Waals surface area contributed by atoms with Gasteiger partial charge in [0.25, 0.3) is 0 Å². The molecule has 0 radical (unpaired) electrons. The molecule has 1 aliphatic heterocycles. The van der Waals surface area contributed by atoms with Crippen molar-refractivity contribution < 1.29 is 9.47 Å². The van der Waals surface area contributed by atoms with Crippen LogP contribution in [0.2, 0.25) is 0 Å². The van der Waals surface area contributed by atoms with Crippen molar-refractivity contribution >= 4 is 41.3 Å². The van der Waals surface area contributed by atoms with Crippen molar-refractivity contribution in [3.05, 3.63) is 40.6 Å². The third-order valence-electron chi connectivity index (χ3n) is 4.64. The third-order valence-corrected chi connectivity index (χ3v) is 5.56. The monoisotopic (exact) mass is 530 g/mol. The molecule has 1 saturated heterocycles. The van der Waals surface area contributed by atoms with Crippen LogP contribution < -0.4 is 15.4 Å². The number of rotatable bonds is 8. The fourth-order valence-corrected chi connectivity index (χ4v) is 3.87. The van der Waals surface area contributed by atoms with Gasteiger partial charge in [-0.1, -0.05) is 12.1 Å². The van der Waals surface area contributed by atoms with E-state index in [0.717, 1.165) is 57.6 Å². The zero-order valence-electron chi connectivity index (χ0n) is 17.1. The van der Waals surface area contributed by atoms with E-state index in [9.17, 15) is 0 Å². The minimum atomic E-state index is 0. The first-order valence-corrected chi connectivity index (χ1v) is 10.7. The van der Waals surface area contributed by atoms with Gasteiger partial charge in [0.05, 0.1) is 26.9 Å². The minimum absolute atomic E-state index is 0. The third kappa shape index (κ3) is 7.76. The molecule has 0 amide bonds. The summed E-state index contributed by atoms with van der Waals surface area (Å²) < 4.78 is 10.6. The van der Waals surface area contributed by atoms with Crippen LogP contribution in [0, 0.1) is 0 Å². The smallest absolute Gasteiger partial charge is 0.191 e. The fourth-order valence-electron chi connectivity index (χ4n) is 3.05. The van der Waals surface area contributed by atoms with Crippen LogP contribution >= 0.6 is 35.3 Å². The maximum atomic E-state index is 5.40. The maximum absolute atomic E-state index is 5.40. The fraction of sp³-hybridized carbons (Fsp3) is 0.476. The molecule has 1 aliphatic rings. The second-order valence-corrected chi connectivity index (χ2v) is 7.60. The van der Waals surface area contributed by atoms with E-state index in [2.05, 4.69) is 46.0 Å². The molecule has 1 aromatic carbocycles. The Morgan fingerprint density at radius 2 is 1.93 bits per heavy atom. The van der Waals surface area contributed by atoms with Gasteiger partial charge in [-0.25, -0.2) is 4.99 Å². The Labute approximate surface area is 194 Å². The second kappa shape index (κ2) is 13.0. The number of nitrogens with one attached hydrogen (secondary N) is 2. The Morgan fingerprint density at radius 1 is 1.17 bits per heavy atom. The molecule has 160 valence electrons. The van der Waals surface area contributed by atoms with E-state index in [-0.39, 0.29) is 24.0 Å². The predicted octanol–water partition coefficient (Wildman–Crippen LogP) is 3.43. The molecule has 0 aliphatic carbocycles. The van der Waals surface area contributed by atoms with Crippen LogP contribution in [-0.2, 0) is 11.3 Å². The summed E-state index contributed by atoms with van der Waals surface area (Å²) in [6.07, 6.45) is 0. The molecule has 2 heterocycles. The Balaban J connectivity index is 0.00000300. The van der Waals surface area contributed by atoms with E-state index in [4.69, 9.17) is 14.5 Å². The Morgan fingerprint density at radius 3 is 2.62 bits per heavy atom. The Bertz CT molecular complexity index is 745. The summed E-state index contributed by atoms with van der Waals surface area (Å²) in [5, 5.41) is 8.95. The minimum Gasteiger partial charge on any atom is -0.497 e. The average molecular weight is 530 g/mol. The van der Waals surface area contributed by atoms with Crippen LogP contribution in [0.1, 0.15) is 11.8 Å². The first-order valence-electron chi connectivity index (χ1n) is 9.82. The molecule has 0 atom stereocenters. The summed E-state index contributed by atoms with van der Waals surface area (Å²) in [7, 11) is 1.69. The van der Waals surface area contributed by atoms with Crippen molar-refractivity contribution in [3.63, 3.8) is 0 Å². The van der Waals surface area contributed by atoms with Gasteiger partial charge >= 0.3 is 0 Å². The van der Waals surface area contributed by atoms with Gasteiger partial charge in [0, 0.05) is 37.6 Å². The number of thiophene rings is 1. The SMILES string of the molecule is CCNC(=NCc1cc(-c2ccc(OC)cc2)cs1)NCCN1CCOCC1.I. The van der Waals surface area contributed by atoms with Gasteiger partial charge in [0.2, 0.25) is 0 Å². The van der Waals surface area contributed by atoms with Crippen molar-refractivity contribution in [1.82, 2.24) is 15.5 Å². The van der Waals surface area contributed by atoms with Gasteiger partial charge in [-0.2, -0.15) is 0 Å². The predicted molar refractivity (Wildman–Crippen MR) is 132 cm³/mol. The largest absolute Gasteiger partial charge is 0.497 e. The lowest BCUT2D eigenvalue weighted by atomic mass is 10.1. The molecular weight excluding hydrogens is 499 g/mol. The molecule has 2 aromatic rings. The highest BCUT2D eigenvalue weighted by Gasteiger charge is 2.09. The molecule has 0 spiro atoms. The first kappa shape index (κ1) is 23.9. The van der Waals surface area contributed by atoms with Gasteiger partial charge in [0.15, 0.2) is 5.96 Å². The van der Waals surface area contributed by atoms with Gasteiger partial charge in [-0.15, -0.1) is 35.3 Å². The summed E-state index contributed by atoms with van der Waals surface area (Å²) in [6.45, 7) is 9.20. The normalized spacial score (nSPS) is 14.9. The highest BCUT2D eigenvalue weighted by Crippen LogP contribution is 2.27. The summed E-state index contributed by atoms with van der Waals surface area (Å²) in [5.74, 6) is 1.75. The maximum Gasteiger partial charge on any atom is 0.191 e. The molecule has 0 bridgehead atoms. The Hall–Kier alpha value is -1.36. The lowest BCUT2D eigenvalue weighted by Gasteiger charge is -2.26. The van der Waals surface area contributed by atoms with Crippen molar-refractivity contribution in [2.24, 2.45) is 4.99 Å². The zero-order valence-corrected chi connectivity index (χ0v) is 20.3. The van der Waals surface area contributed by atoms with Crippen LogP contribution in [0.5, 0.6) is 5.75 Å². The average Bonchev–Trinajstić information content (AvgIpc) is 3.22. The quantitative estimate of drug-likeness (QED) is 0.311. The van der Waals surface area contributed by atoms with Crippen LogP contribution in [0.4, 0.5) is 0 Å². The topological polar surface area (TPSA) is 58.1 Å². The van der Waals surface area contributed by atoms with Crippen LogP contribution in [0.25, 0.3) is 11.1 Å². The summed E-state index contributed by atoms with van der Waals surface area (Å²) in [5.41, 5.74) is 2.42. The number of morpholine rings is 1. The Kier molecular flexibility index (Phi) is 10.8. The van der Waals surface area contributed by atoms with E-state index in [1.807, 2.05) is 12.1 Å². The number of hydrogen-bond acceptors (Lipinski definition) is 5. The van der Waals surface area contributed by atoms with Crippen LogP contribution in [0.15, 0.2) is 40.7 Å². The molecule has 1 aromatic heterocycles. The molecule has 6 nitrogen and oxygen atoms in total. The van der Waals surface area contributed by atoms with Gasteiger partial charge in [-0.3, -0.25) is 4.90 Å². The second-order valence-electron chi connectivity index (χ2n) is 6.61.